The van der Waals surface area contributed by atoms with E-state index in [1.165, 1.54) is 16.2 Å². The zero-order chi connectivity index (χ0) is 11.5. The summed E-state index contributed by atoms with van der Waals surface area (Å²) in [6.45, 7) is 6.03. The number of nitrogens with zero attached hydrogens (tertiary/aromatic N) is 2. The van der Waals surface area contributed by atoms with Crippen molar-refractivity contribution in [3.63, 3.8) is 0 Å². The lowest BCUT2D eigenvalue weighted by atomic mass is 10.2. The van der Waals surface area contributed by atoms with Crippen LogP contribution in [0.3, 0.4) is 0 Å². The summed E-state index contributed by atoms with van der Waals surface area (Å²) < 4.78 is 5.21. The van der Waals surface area contributed by atoms with Crippen LogP contribution < -0.4 is 0 Å². The van der Waals surface area contributed by atoms with E-state index in [4.69, 9.17) is 4.74 Å². The van der Waals surface area contributed by atoms with Crippen molar-refractivity contribution in [2.75, 3.05) is 7.05 Å². The molecule has 0 saturated carbocycles. The first-order chi connectivity index (χ1) is 6.88. The number of carbonyl (C=O) groups is 1. The summed E-state index contributed by atoms with van der Waals surface area (Å²) in [6.07, 6.45) is -0.324. The topological polar surface area (TPSA) is 42.4 Å². The first kappa shape index (κ1) is 12.0. The van der Waals surface area contributed by atoms with E-state index in [1.54, 1.807) is 12.6 Å². The molecule has 1 heterocycles. The van der Waals surface area contributed by atoms with Gasteiger partial charge in [0.1, 0.15) is 5.60 Å². The number of aromatic nitrogens is 1. The third-order valence-electron chi connectivity index (χ3n) is 1.59. The lowest BCUT2D eigenvalue weighted by Crippen LogP contribution is -2.33. The van der Waals surface area contributed by atoms with Crippen LogP contribution in [-0.4, -0.2) is 28.6 Å². The molecule has 0 aliphatic heterocycles. The average Bonchev–Trinajstić information content (AvgIpc) is 2.53. The Bertz CT molecular complexity index is 317. The Balaban J connectivity index is 2.47. The maximum absolute atomic E-state index is 11.6. The molecule has 0 aliphatic rings. The number of hydrogen-bond acceptors (Lipinski definition) is 4. The molecule has 0 aromatic carbocycles. The van der Waals surface area contributed by atoms with E-state index < -0.39 is 5.60 Å². The Labute approximate surface area is 93.9 Å². The van der Waals surface area contributed by atoms with Crippen molar-refractivity contribution in [2.45, 2.75) is 32.9 Å². The molecule has 0 bridgehead atoms. The van der Waals surface area contributed by atoms with Crippen molar-refractivity contribution >= 4 is 17.4 Å². The second-order valence-corrected chi connectivity index (χ2v) is 5.03. The van der Waals surface area contributed by atoms with Crippen molar-refractivity contribution in [1.29, 1.82) is 0 Å². The van der Waals surface area contributed by atoms with Crippen LogP contribution in [0.5, 0.6) is 0 Å². The molecule has 1 rings (SSSR count). The molecule has 5 heteroatoms. The van der Waals surface area contributed by atoms with E-state index in [9.17, 15) is 4.79 Å². The van der Waals surface area contributed by atoms with E-state index in [0.29, 0.717) is 6.54 Å². The molecular formula is C10H16N2O2S. The molecule has 0 fully saturated rings. The van der Waals surface area contributed by atoms with Gasteiger partial charge >= 0.3 is 6.09 Å². The van der Waals surface area contributed by atoms with Crippen molar-refractivity contribution < 1.29 is 9.53 Å². The maximum atomic E-state index is 11.6. The van der Waals surface area contributed by atoms with Gasteiger partial charge in [-0.15, -0.1) is 11.3 Å². The van der Waals surface area contributed by atoms with Crippen LogP contribution in [0.4, 0.5) is 4.79 Å². The van der Waals surface area contributed by atoms with Gasteiger partial charge in [-0.05, 0) is 20.8 Å². The first-order valence-electron chi connectivity index (χ1n) is 4.69. The fourth-order valence-corrected chi connectivity index (χ4v) is 1.51. The van der Waals surface area contributed by atoms with Crippen LogP contribution in [0, 0.1) is 0 Å². The summed E-state index contributed by atoms with van der Waals surface area (Å²) in [4.78, 5) is 17.2. The van der Waals surface area contributed by atoms with E-state index in [0.717, 1.165) is 5.69 Å². The SMILES string of the molecule is CN(Cc1cscn1)C(=O)OC(C)(C)C. The predicted octanol–water partition coefficient (Wildman–Crippen LogP) is 2.51. The van der Waals surface area contributed by atoms with Gasteiger partial charge in [0.2, 0.25) is 0 Å². The van der Waals surface area contributed by atoms with Crippen LogP contribution in [0.25, 0.3) is 0 Å². The molecule has 0 saturated heterocycles. The lowest BCUT2D eigenvalue weighted by molar-refractivity contribution is 0.0283. The predicted molar refractivity (Wildman–Crippen MR) is 59.8 cm³/mol. The van der Waals surface area contributed by atoms with Crippen molar-refractivity contribution in [3.05, 3.63) is 16.6 Å². The zero-order valence-electron chi connectivity index (χ0n) is 9.48. The highest BCUT2D eigenvalue weighted by atomic mass is 32.1. The minimum atomic E-state index is -0.451. The largest absolute Gasteiger partial charge is 0.444 e. The fourth-order valence-electron chi connectivity index (χ4n) is 0.963. The Morgan fingerprint density at radius 2 is 2.27 bits per heavy atom. The standard InChI is InChI=1S/C10H16N2O2S/c1-10(2,3)14-9(13)12(4)5-8-6-15-7-11-8/h6-7H,5H2,1-4H3. The monoisotopic (exact) mass is 228 g/mol. The molecule has 0 spiro atoms. The molecule has 0 aliphatic carbocycles. The third kappa shape index (κ3) is 4.29. The Morgan fingerprint density at radius 3 is 2.73 bits per heavy atom. The molecular weight excluding hydrogens is 212 g/mol. The molecule has 0 unspecified atom stereocenters. The molecule has 84 valence electrons. The highest BCUT2D eigenvalue weighted by Crippen LogP contribution is 2.11. The van der Waals surface area contributed by atoms with E-state index in [1.807, 2.05) is 26.2 Å². The number of ether oxygens (including phenoxy) is 1. The number of rotatable bonds is 2. The van der Waals surface area contributed by atoms with E-state index >= 15 is 0 Å². The van der Waals surface area contributed by atoms with Crippen molar-refractivity contribution in [2.24, 2.45) is 0 Å². The molecule has 1 aromatic rings. The first-order valence-corrected chi connectivity index (χ1v) is 5.64. The smallest absolute Gasteiger partial charge is 0.410 e. The molecule has 0 radical (unpaired) electrons. The second kappa shape index (κ2) is 4.61. The fraction of sp³-hybridized carbons (Fsp3) is 0.600. The minimum absolute atomic E-state index is 0.324. The maximum Gasteiger partial charge on any atom is 0.410 e. The molecule has 4 nitrogen and oxygen atoms in total. The summed E-state index contributed by atoms with van der Waals surface area (Å²) in [7, 11) is 1.70. The van der Waals surface area contributed by atoms with Gasteiger partial charge in [-0.1, -0.05) is 0 Å². The zero-order valence-corrected chi connectivity index (χ0v) is 10.3. The average molecular weight is 228 g/mol. The van der Waals surface area contributed by atoms with E-state index in [2.05, 4.69) is 4.98 Å². The molecule has 15 heavy (non-hydrogen) atoms. The van der Waals surface area contributed by atoms with Gasteiger partial charge in [0.05, 0.1) is 17.7 Å². The highest BCUT2D eigenvalue weighted by Gasteiger charge is 2.19. The van der Waals surface area contributed by atoms with Crippen LogP contribution >= 0.6 is 11.3 Å². The van der Waals surface area contributed by atoms with Gasteiger partial charge in [0, 0.05) is 12.4 Å². The van der Waals surface area contributed by atoms with Gasteiger partial charge in [-0.3, -0.25) is 0 Å². The van der Waals surface area contributed by atoms with Gasteiger partial charge in [-0.25, -0.2) is 9.78 Å². The van der Waals surface area contributed by atoms with Gasteiger partial charge < -0.3 is 9.64 Å². The number of thiazole rings is 1. The number of hydrogen-bond donors (Lipinski definition) is 0. The van der Waals surface area contributed by atoms with Crippen LogP contribution in [-0.2, 0) is 11.3 Å². The molecule has 0 atom stereocenters. The van der Waals surface area contributed by atoms with Crippen LogP contribution in [0.2, 0.25) is 0 Å². The summed E-state index contributed by atoms with van der Waals surface area (Å²) in [5.74, 6) is 0. The quantitative estimate of drug-likeness (QED) is 0.781. The van der Waals surface area contributed by atoms with Crippen molar-refractivity contribution in [1.82, 2.24) is 9.88 Å². The molecule has 1 amide bonds. The van der Waals surface area contributed by atoms with Crippen LogP contribution in [0.1, 0.15) is 26.5 Å². The summed E-state index contributed by atoms with van der Waals surface area (Å²) in [5, 5.41) is 1.92. The van der Waals surface area contributed by atoms with Crippen molar-refractivity contribution in [3.8, 4) is 0 Å². The normalized spacial score (nSPS) is 11.2. The Hall–Kier alpha value is -1.10. The number of amides is 1. The number of carbonyl (C=O) groups excluding carboxylic acids is 1. The summed E-state index contributed by atoms with van der Waals surface area (Å²) in [5.41, 5.74) is 2.18. The summed E-state index contributed by atoms with van der Waals surface area (Å²) in [6, 6.07) is 0. The van der Waals surface area contributed by atoms with Crippen LogP contribution in [0.15, 0.2) is 10.9 Å². The Morgan fingerprint density at radius 1 is 1.60 bits per heavy atom. The lowest BCUT2D eigenvalue weighted by Gasteiger charge is -2.24. The Kier molecular flexibility index (Phi) is 3.68. The minimum Gasteiger partial charge on any atom is -0.444 e. The molecule has 0 N–H and O–H groups in total. The summed E-state index contributed by atoms with van der Waals surface area (Å²) >= 11 is 1.52. The van der Waals surface area contributed by atoms with Gasteiger partial charge in [-0.2, -0.15) is 0 Å². The van der Waals surface area contributed by atoms with Gasteiger partial charge in [0.15, 0.2) is 0 Å². The van der Waals surface area contributed by atoms with Gasteiger partial charge in [0.25, 0.3) is 0 Å². The third-order valence-corrected chi connectivity index (χ3v) is 2.22. The van der Waals surface area contributed by atoms with E-state index in [-0.39, 0.29) is 6.09 Å². The molecule has 1 aromatic heterocycles. The second-order valence-electron chi connectivity index (χ2n) is 4.32. The highest BCUT2D eigenvalue weighted by molar-refractivity contribution is 7.07.